The third-order valence-corrected chi connectivity index (χ3v) is 2.32. The van der Waals surface area contributed by atoms with E-state index in [0.29, 0.717) is 39.5 Å². The summed E-state index contributed by atoms with van der Waals surface area (Å²) in [5, 5.41) is 12.8. The van der Waals surface area contributed by atoms with Crippen molar-refractivity contribution < 1.29 is 14.6 Å². The van der Waals surface area contributed by atoms with Crippen molar-refractivity contribution in [3.8, 4) is 0 Å². The standard InChI is InChI=1S/C13H22N2O3/c1-2-17-6-7-18-11-13(16)10-15-9-12-4-3-5-14-8-12/h3-5,8,13,15-16H,2,6-7,9-11H2,1H3. The van der Waals surface area contributed by atoms with Crippen molar-refractivity contribution >= 4 is 0 Å². The van der Waals surface area contributed by atoms with Gasteiger partial charge in [-0.15, -0.1) is 0 Å². The third kappa shape index (κ3) is 7.34. The molecule has 0 aliphatic rings. The lowest BCUT2D eigenvalue weighted by atomic mass is 10.3. The van der Waals surface area contributed by atoms with E-state index in [1.807, 2.05) is 19.1 Å². The Balaban J connectivity index is 1.98. The molecule has 1 atom stereocenters. The lowest BCUT2D eigenvalue weighted by Gasteiger charge is -2.12. The molecule has 0 aliphatic heterocycles. The summed E-state index contributed by atoms with van der Waals surface area (Å²) in [6, 6.07) is 3.88. The Morgan fingerprint density at radius 3 is 2.94 bits per heavy atom. The monoisotopic (exact) mass is 254 g/mol. The summed E-state index contributed by atoms with van der Waals surface area (Å²) in [7, 11) is 0. The second kappa shape index (κ2) is 9.96. The molecule has 5 heteroatoms. The third-order valence-electron chi connectivity index (χ3n) is 2.32. The van der Waals surface area contributed by atoms with Crippen LogP contribution in [-0.4, -0.2) is 49.2 Å². The minimum Gasteiger partial charge on any atom is -0.389 e. The van der Waals surface area contributed by atoms with E-state index in [2.05, 4.69) is 10.3 Å². The van der Waals surface area contributed by atoms with Gasteiger partial charge in [-0.1, -0.05) is 6.07 Å². The number of aliphatic hydroxyl groups is 1. The molecule has 0 saturated heterocycles. The Labute approximate surface area is 108 Å². The van der Waals surface area contributed by atoms with Crippen LogP contribution >= 0.6 is 0 Å². The molecule has 1 rings (SSSR count). The van der Waals surface area contributed by atoms with Gasteiger partial charge < -0.3 is 19.9 Å². The summed E-state index contributed by atoms with van der Waals surface area (Å²) in [6.07, 6.45) is 3.05. The molecule has 2 N–H and O–H groups in total. The number of nitrogens with one attached hydrogen (secondary N) is 1. The molecular formula is C13H22N2O3. The highest BCUT2D eigenvalue weighted by Crippen LogP contribution is 1.94. The summed E-state index contributed by atoms with van der Waals surface area (Å²) >= 11 is 0. The molecule has 5 nitrogen and oxygen atoms in total. The molecule has 0 saturated carbocycles. The van der Waals surface area contributed by atoms with Gasteiger partial charge in [0.2, 0.25) is 0 Å². The van der Waals surface area contributed by atoms with Gasteiger partial charge in [-0.2, -0.15) is 0 Å². The van der Waals surface area contributed by atoms with Crippen molar-refractivity contribution in [1.29, 1.82) is 0 Å². The van der Waals surface area contributed by atoms with E-state index in [1.165, 1.54) is 0 Å². The first-order valence-electron chi connectivity index (χ1n) is 6.26. The fourth-order valence-electron chi connectivity index (χ4n) is 1.43. The van der Waals surface area contributed by atoms with Crippen LogP contribution in [0.1, 0.15) is 12.5 Å². The maximum Gasteiger partial charge on any atom is 0.0897 e. The predicted molar refractivity (Wildman–Crippen MR) is 69.3 cm³/mol. The van der Waals surface area contributed by atoms with Crippen LogP contribution in [0.5, 0.6) is 0 Å². The summed E-state index contributed by atoms with van der Waals surface area (Å²) in [5.74, 6) is 0. The van der Waals surface area contributed by atoms with Crippen LogP contribution in [0.25, 0.3) is 0 Å². The molecule has 0 aliphatic carbocycles. The van der Waals surface area contributed by atoms with Gasteiger partial charge in [-0.05, 0) is 18.6 Å². The lowest BCUT2D eigenvalue weighted by Crippen LogP contribution is -2.30. The molecule has 1 aromatic rings. The Kier molecular flexibility index (Phi) is 8.33. The average molecular weight is 254 g/mol. The van der Waals surface area contributed by atoms with Crippen molar-refractivity contribution in [3.63, 3.8) is 0 Å². The van der Waals surface area contributed by atoms with Gasteiger partial charge >= 0.3 is 0 Å². The Morgan fingerprint density at radius 2 is 2.22 bits per heavy atom. The number of rotatable bonds is 10. The van der Waals surface area contributed by atoms with Crippen molar-refractivity contribution in [1.82, 2.24) is 10.3 Å². The van der Waals surface area contributed by atoms with Crippen LogP contribution < -0.4 is 5.32 Å². The molecule has 0 aromatic carbocycles. The van der Waals surface area contributed by atoms with E-state index in [1.54, 1.807) is 12.4 Å². The van der Waals surface area contributed by atoms with E-state index in [-0.39, 0.29) is 0 Å². The number of hydrogen-bond donors (Lipinski definition) is 2. The van der Waals surface area contributed by atoms with Crippen molar-refractivity contribution in [2.75, 3.05) is 33.0 Å². The van der Waals surface area contributed by atoms with Crippen molar-refractivity contribution in [2.24, 2.45) is 0 Å². The first kappa shape index (κ1) is 15.0. The van der Waals surface area contributed by atoms with E-state index in [4.69, 9.17) is 9.47 Å². The van der Waals surface area contributed by atoms with Gasteiger partial charge in [0.05, 0.1) is 25.9 Å². The largest absolute Gasteiger partial charge is 0.389 e. The van der Waals surface area contributed by atoms with Crippen molar-refractivity contribution in [3.05, 3.63) is 30.1 Å². The van der Waals surface area contributed by atoms with Gasteiger partial charge in [0.1, 0.15) is 0 Å². The van der Waals surface area contributed by atoms with Crippen LogP contribution in [0.2, 0.25) is 0 Å². The minimum absolute atomic E-state index is 0.327. The van der Waals surface area contributed by atoms with Gasteiger partial charge in [0, 0.05) is 32.1 Å². The molecular weight excluding hydrogens is 232 g/mol. The topological polar surface area (TPSA) is 63.6 Å². The summed E-state index contributed by atoms with van der Waals surface area (Å²) in [4.78, 5) is 4.02. The molecule has 0 fully saturated rings. The fraction of sp³-hybridized carbons (Fsp3) is 0.615. The molecule has 0 radical (unpaired) electrons. The Morgan fingerprint density at radius 1 is 1.39 bits per heavy atom. The number of pyridine rings is 1. The number of hydrogen-bond acceptors (Lipinski definition) is 5. The zero-order valence-electron chi connectivity index (χ0n) is 10.8. The van der Waals surface area contributed by atoms with E-state index < -0.39 is 6.10 Å². The van der Waals surface area contributed by atoms with Crippen molar-refractivity contribution in [2.45, 2.75) is 19.6 Å². The van der Waals surface area contributed by atoms with Crippen LogP contribution in [0.15, 0.2) is 24.5 Å². The van der Waals surface area contributed by atoms with E-state index in [9.17, 15) is 5.11 Å². The number of nitrogens with zero attached hydrogens (tertiary/aromatic N) is 1. The molecule has 0 amide bonds. The van der Waals surface area contributed by atoms with Gasteiger partial charge in [-0.3, -0.25) is 4.98 Å². The second-order valence-corrected chi connectivity index (χ2v) is 3.92. The predicted octanol–water partition coefficient (Wildman–Crippen LogP) is 0.585. The highest BCUT2D eigenvalue weighted by molar-refractivity contribution is 5.07. The number of aromatic nitrogens is 1. The maximum atomic E-state index is 9.64. The smallest absolute Gasteiger partial charge is 0.0897 e. The van der Waals surface area contributed by atoms with Gasteiger partial charge in [-0.25, -0.2) is 0 Å². The summed E-state index contributed by atoms with van der Waals surface area (Å²) in [5.41, 5.74) is 1.10. The van der Waals surface area contributed by atoms with E-state index >= 15 is 0 Å². The molecule has 1 unspecified atom stereocenters. The SMILES string of the molecule is CCOCCOCC(O)CNCc1cccnc1. The Bertz CT molecular complexity index is 296. The zero-order valence-corrected chi connectivity index (χ0v) is 10.8. The molecule has 0 bridgehead atoms. The van der Waals surface area contributed by atoms with Crippen LogP contribution in [0.3, 0.4) is 0 Å². The number of ether oxygens (including phenoxy) is 2. The quantitative estimate of drug-likeness (QED) is 0.598. The van der Waals surface area contributed by atoms with Crippen LogP contribution in [0.4, 0.5) is 0 Å². The molecule has 18 heavy (non-hydrogen) atoms. The molecule has 102 valence electrons. The highest BCUT2D eigenvalue weighted by atomic mass is 16.5. The first-order chi connectivity index (χ1) is 8.83. The zero-order chi connectivity index (χ0) is 13.1. The summed E-state index contributed by atoms with van der Waals surface area (Å²) < 4.78 is 10.4. The fourth-order valence-corrected chi connectivity index (χ4v) is 1.43. The van der Waals surface area contributed by atoms with Gasteiger partial charge in [0.15, 0.2) is 0 Å². The maximum absolute atomic E-state index is 9.64. The normalized spacial score (nSPS) is 12.6. The Hall–Kier alpha value is -1.01. The molecule has 0 spiro atoms. The number of aliphatic hydroxyl groups excluding tert-OH is 1. The average Bonchev–Trinajstić information content (AvgIpc) is 2.40. The molecule has 1 heterocycles. The molecule has 1 aromatic heterocycles. The second-order valence-electron chi connectivity index (χ2n) is 3.92. The first-order valence-corrected chi connectivity index (χ1v) is 6.26. The lowest BCUT2D eigenvalue weighted by molar-refractivity contribution is 0.00642. The van der Waals surface area contributed by atoms with E-state index in [0.717, 1.165) is 5.56 Å². The van der Waals surface area contributed by atoms with Gasteiger partial charge in [0.25, 0.3) is 0 Å². The minimum atomic E-state index is -0.497. The summed E-state index contributed by atoms with van der Waals surface area (Å²) in [6.45, 7) is 5.26. The highest BCUT2D eigenvalue weighted by Gasteiger charge is 2.03. The van der Waals surface area contributed by atoms with Crippen LogP contribution in [0, 0.1) is 0 Å². The van der Waals surface area contributed by atoms with Crippen LogP contribution in [-0.2, 0) is 16.0 Å².